The van der Waals surface area contributed by atoms with Crippen molar-refractivity contribution >= 4 is 50.9 Å². The number of nitrogens with zero attached hydrogens (tertiary/aromatic N) is 4. The van der Waals surface area contributed by atoms with E-state index in [1.54, 1.807) is 12.4 Å². The Morgan fingerprint density at radius 3 is 2.75 bits per heavy atom. The van der Waals surface area contributed by atoms with Gasteiger partial charge in [-0.25, -0.2) is 19.9 Å². The normalized spacial score (nSPS) is 12.1. The summed E-state index contributed by atoms with van der Waals surface area (Å²) in [6, 6.07) is 16.4. The topological polar surface area (TPSA) is 108 Å². The van der Waals surface area contributed by atoms with Gasteiger partial charge in [-0.15, -0.1) is 0 Å². The number of H-pyrrole nitrogens is 1. The molecule has 0 aliphatic rings. The molecule has 0 saturated carbocycles. The SMILES string of the molecule is C[C@H](Nc1ncnc2[nH]cnc12)c1cc2cccc(Cl)c2c(C(=O)Nc2ccccc2)n1. The smallest absolute Gasteiger partial charge is 0.274 e. The molecule has 0 saturated heterocycles. The third kappa shape index (κ3) is 3.72. The Labute approximate surface area is 188 Å². The number of amides is 1. The molecule has 0 aliphatic heterocycles. The van der Waals surface area contributed by atoms with E-state index >= 15 is 0 Å². The third-order valence-electron chi connectivity index (χ3n) is 5.09. The lowest BCUT2D eigenvalue weighted by atomic mass is 10.1. The highest BCUT2D eigenvalue weighted by Gasteiger charge is 2.20. The maximum atomic E-state index is 13.2. The van der Waals surface area contributed by atoms with Crippen molar-refractivity contribution in [2.24, 2.45) is 0 Å². The van der Waals surface area contributed by atoms with Crippen molar-refractivity contribution in [3.8, 4) is 0 Å². The zero-order valence-electron chi connectivity index (χ0n) is 17.0. The quantitative estimate of drug-likeness (QED) is 0.353. The van der Waals surface area contributed by atoms with Crippen molar-refractivity contribution in [1.29, 1.82) is 0 Å². The minimum absolute atomic E-state index is 0.258. The number of imidazole rings is 1. The van der Waals surface area contributed by atoms with Gasteiger partial charge in [-0.2, -0.15) is 0 Å². The number of halogens is 1. The average Bonchev–Trinajstić information content (AvgIpc) is 3.29. The van der Waals surface area contributed by atoms with E-state index in [0.29, 0.717) is 38.8 Å². The molecule has 158 valence electrons. The summed E-state index contributed by atoms with van der Waals surface area (Å²) in [5, 5.41) is 8.12. The standard InChI is InChI=1S/C23H18ClN7O/c1-13(29-22-20-21(26-11-25-20)27-12-28-22)17-10-14-6-5-9-16(24)18(14)19(31-17)23(32)30-15-7-3-2-4-8-15/h2-13H,1H3,(H,30,32)(H2,25,26,27,28,29)/t13-/m0/s1. The zero-order chi connectivity index (χ0) is 22.1. The van der Waals surface area contributed by atoms with Crippen molar-refractivity contribution in [3.05, 3.63) is 83.7 Å². The van der Waals surface area contributed by atoms with Crippen LogP contribution in [0.15, 0.2) is 67.3 Å². The van der Waals surface area contributed by atoms with Crippen LogP contribution in [-0.4, -0.2) is 30.8 Å². The molecular weight excluding hydrogens is 426 g/mol. The van der Waals surface area contributed by atoms with Gasteiger partial charge in [0.1, 0.15) is 17.5 Å². The number of aromatic amines is 1. The van der Waals surface area contributed by atoms with Gasteiger partial charge in [-0.1, -0.05) is 41.9 Å². The maximum absolute atomic E-state index is 13.2. The minimum Gasteiger partial charge on any atom is -0.360 e. The number of aromatic nitrogens is 5. The van der Waals surface area contributed by atoms with Crippen LogP contribution in [0, 0.1) is 0 Å². The van der Waals surface area contributed by atoms with Crippen molar-refractivity contribution < 1.29 is 4.79 Å². The number of benzene rings is 2. The van der Waals surface area contributed by atoms with Crippen molar-refractivity contribution in [2.75, 3.05) is 10.6 Å². The lowest BCUT2D eigenvalue weighted by Crippen LogP contribution is -2.17. The number of nitrogens with one attached hydrogen (secondary N) is 3. The van der Waals surface area contributed by atoms with Gasteiger partial charge >= 0.3 is 0 Å². The van der Waals surface area contributed by atoms with E-state index in [2.05, 4.69) is 30.6 Å². The minimum atomic E-state index is -0.333. The van der Waals surface area contributed by atoms with E-state index in [9.17, 15) is 4.79 Å². The first-order chi connectivity index (χ1) is 15.6. The molecule has 8 nitrogen and oxygen atoms in total. The van der Waals surface area contributed by atoms with Crippen LogP contribution in [-0.2, 0) is 0 Å². The Hall–Kier alpha value is -4.04. The third-order valence-corrected chi connectivity index (χ3v) is 5.40. The van der Waals surface area contributed by atoms with E-state index in [1.165, 1.54) is 6.33 Å². The van der Waals surface area contributed by atoms with Crippen molar-refractivity contribution in [2.45, 2.75) is 13.0 Å². The number of hydrogen-bond donors (Lipinski definition) is 3. The second-order valence-electron chi connectivity index (χ2n) is 7.24. The summed E-state index contributed by atoms with van der Waals surface area (Å²) < 4.78 is 0. The second-order valence-corrected chi connectivity index (χ2v) is 7.65. The summed E-state index contributed by atoms with van der Waals surface area (Å²) in [6.07, 6.45) is 3.03. The Kier molecular flexibility index (Phi) is 5.12. The van der Waals surface area contributed by atoms with Gasteiger partial charge in [-0.05, 0) is 36.6 Å². The highest BCUT2D eigenvalue weighted by molar-refractivity contribution is 6.37. The van der Waals surface area contributed by atoms with E-state index in [0.717, 1.165) is 5.39 Å². The predicted molar refractivity (Wildman–Crippen MR) is 125 cm³/mol. The zero-order valence-corrected chi connectivity index (χ0v) is 17.8. The Morgan fingerprint density at radius 1 is 1.06 bits per heavy atom. The Bertz CT molecular complexity index is 1430. The molecule has 3 N–H and O–H groups in total. The first-order valence-corrected chi connectivity index (χ1v) is 10.3. The van der Waals surface area contributed by atoms with Crippen LogP contribution in [0.4, 0.5) is 11.5 Å². The van der Waals surface area contributed by atoms with Crippen molar-refractivity contribution in [3.63, 3.8) is 0 Å². The number of rotatable bonds is 5. The highest BCUT2D eigenvalue weighted by Crippen LogP contribution is 2.30. The van der Waals surface area contributed by atoms with Crippen LogP contribution in [0.1, 0.15) is 29.1 Å². The first-order valence-electron chi connectivity index (χ1n) is 9.96. The first kappa shape index (κ1) is 19.9. The summed E-state index contributed by atoms with van der Waals surface area (Å²) in [6.45, 7) is 1.94. The molecule has 32 heavy (non-hydrogen) atoms. The molecule has 0 bridgehead atoms. The second kappa shape index (κ2) is 8.24. The van der Waals surface area contributed by atoms with Gasteiger partial charge in [-0.3, -0.25) is 4.79 Å². The molecule has 0 fully saturated rings. The molecule has 0 spiro atoms. The van der Waals surface area contributed by atoms with E-state index in [4.69, 9.17) is 16.6 Å². The monoisotopic (exact) mass is 443 g/mol. The fraction of sp³-hybridized carbons (Fsp3) is 0.0870. The molecule has 0 unspecified atom stereocenters. The number of pyridine rings is 1. The fourth-order valence-corrected chi connectivity index (χ4v) is 3.81. The van der Waals surface area contributed by atoms with Gasteiger partial charge in [0, 0.05) is 11.1 Å². The van der Waals surface area contributed by atoms with E-state index in [-0.39, 0.29) is 17.6 Å². The summed E-state index contributed by atoms with van der Waals surface area (Å²) in [7, 11) is 0. The molecule has 5 aromatic rings. The van der Waals surface area contributed by atoms with Gasteiger partial charge in [0.15, 0.2) is 11.5 Å². The van der Waals surface area contributed by atoms with Gasteiger partial charge in [0.2, 0.25) is 0 Å². The molecule has 0 radical (unpaired) electrons. The summed E-state index contributed by atoms with van der Waals surface area (Å²) in [5.74, 6) is 0.243. The molecule has 3 heterocycles. The van der Waals surface area contributed by atoms with Crippen LogP contribution >= 0.6 is 11.6 Å². The lowest BCUT2D eigenvalue weighted by Gasteiger charge is -2.17. The largest absolute Gasteiger partial charge is 0.360 e. The highest BCUT2D eigenvalue weighted by atomic mass is 35.5. The van der Waals surface area contributed by atoms with Gasteiger partial charge < -0.3 is 15.6 Å². The van der Waals surface area contributed by atoms with Crippen LogP contribution in [0.2, 0.25) is 5.02 Å². The number of hydrogen-bond acceptors (Lipinski definition) is 6. The van der Waals surface area contributed by atoms with Gasteiger partial charge in [0.25, 0.3) is 5.91 Å². The number of para-hydroxylation sites is 1. The maximum Gasteiger partial charge on any atom is 0.274 e. The van der Waals surface area contributed by atoms with Gasteiger partial charge in [0.05, 0.1) is 23.1 Å². The number of fused-ring (bicyclic) bond motifs is 2. The summed E-state index contributed by atoms with van der Waals surface area (Å²) >= 11 is 6.46. The number of carbonyl (C=O) groups is 1. The average molecular weight is 444 g/mol. The van der Waals surface area contributed by atoms with Crippen LogP contribution in [0.5, 0.6) is 0 Å². The molecule has 3 aromatic heterocycles. The predicted octanol–water partition coefficient (Wildman–Crippen LogP) is 4.98. The molecule has 0 aliphatic carbocycles. The molecule has 2 aromatic carbocycles. The Morgan fingerprint density at radius 2 is 1.91 bits per heavy atom. The molecular formula is C23H18ClN7O. The molecule has 5 rings (SSSR count). The van der Waals surface area contributed by atoms with Crippen LogP contribution < -0.4 is 10.6 Å². The van der Waals surface area contributed by atoms with E-state index in [1.807, 2.05) is 55.5 Å². The number of carbonyl (C=O) groups excluding carboxylic acids is 1. The van der Waals surface area contributed by atoms with Crippen LogP contribution in [0.25, 0.3) is 21.9 Å². The Balaban J connectivity index is 1.55. The molecule has 1 atom stereocenters. The van der Waals surface area contributed by atoms with Crippen molar-refractivity contribution in [1.82, 2.24) is 24.9 Å². The molecule has 9 heteroatoms. The fourth-order valence-electron chi connectivity index (χ4n) is 3.53. The molecule has 1 amide bonds. The number of anilines is 2. The van der Waals surface area contributed by atoms with Crippen LogP contribution in [0.3, 0.4) is 0 Å². The lowest BCUT2D eigenvalue weighted by molar-refractivity contribution is 0.102. The summed E-state index contributed by atoms with van der Waals surface area (Å²) in [4.78, 5) is 33.6. The van der Waals surface area contributed by atoms with E-state index < -0.39 is 0 Å². The summed E-state index contributed by atoms with van der Waals surface area (Å²) in [5.41, 5.74) is 2.87.